The average molecular weight is 263 g/mol. The molecule has 3 N–H and O–H groups in total. The van der Waals surface area contributed by atoms with E-state index in [1.165, 1.54) is 6.33 Å². The van der Waals surface area contributed by atoms with Crippen molar-refractivity contribution in [1.29, 1.82) is 0 Å². The molecule has 0 fully saturated rings. The highest BCUT2D eigenvalue weighted by atomic mass is 35.5. The Morgan fingerprint density at radius 2 is 2.17 bits per heavy atom. The van der Waals surface area contributed by atoms with E-state index >= 15 is 0 Å². The van der Waals surface area contributed by atoms with E-state index < -0.39 is 0 Å². The molecule has 3 rings (SSSR count). The van der Waals surface area contributed by atoms with Crippen LogP contribution in [0.3, 0.4) is 0 Å². The van der Waals surface area contributed by atoms with Gasteiger partial charge in [0, 0.05) is 5.56 Å². The van der Waals surface area contributed by atoms with Crippen LogP contribution in [0, 0.1) is 0 Å². The van der Waals surface area contributed by atoms with E-state index in [1.54, 1.807) is 0 Å². The van der Waals surface area contributed by atoms with E-state index in [1.807, 2.05) is 24.3 Å². The van der Waals surface area contributed by atoms with Gasteiger partial charge >= 0.3 is 0 Å². The lowest BCUT2D eigenvalue weighted by atomic mass is 10.1. The number of aromatic nitrogens is 2. The van der Waals surface area contributed by atoms with Crippen molar-refractivity contribution in [3.8, 4) is 5.75 Å². The first kappa shape index (κ1) is 11.1. The summed E-state index contributed by atoms with van der Waals surface area (Å²) in [6.45, 7) is 0.542. The molecule has 5 nitrogen and oxygen atoms in total. The molecule has 1 aromatic heterocycles. The molecule has 1 unspecified atom stereocenters. The molecule has 2 aromatic rings. The number of anilines is 2. The van der Waals surface area contributed by atoms with Gasteiger partial charge in [0.1, 0.15) is 24.4 Å². The number of nitrogen functional groups attached to an aromatic ring is 1. The van der Waals surface area contributed by atoms with Crippen LogP contribution in [0.2, 0.25) is 5.15 Å². The molecule has 0 aliphatic carbocycles. The molecule has 6 heteroatoms. The summed E-state index contributed by atoms with van der Waals surface area (Å²) in [6.07, 6.45) is 1.38. The van der Waals surface area contributed by atoms with Crippen LogP contribution < -0.4 is 15.8 Å². The lowest BCUT2D eigenvalue weighted by Gasteiger charge is -2.13. The van der Waals surface area contributed by atoms with Crippen molar-refractivity contribution in [1.82, 2.24) is 9.97 Å². The summed E-state index contributed by atoms with van der Waals surface area (Å²) < 4.78 is 5.57. The number of halogens is 1. The third-order valence-corrected chi connectivity index (χ3v) is 3.15. The zero-order valence-electron chi connectivity index (χ0n) is 9.43. The normalized spacial score (nSPS) is 17.1. The molecule has 0 radical (unpaired) electrons. The number of rotatable bonds is 2. The quantitative estimate of drug-likeness (QED) is 0.812. The van der Waals surface area contributed by atoms with E-state index in [9.17, 15) is 0 Å². The number of hydrogen-bond donors (Lipinski definition) is 2. The van der Waals surface area contributed by atoms with Gasteiger partial charge in [-0.3, -0.25) is 0 Å². The number of hydrogen-bond acceptors (Lipinski definition) is 5. The number of benzene rings is 1. The first-order chi connectivity index (χ1) is 8.75. The molecule has 1 aromatic carbocycles. The Labute approximate surface area is 109 Å². The standard InChI is InChI=1S/C12H11ClN4O/c13-11-10(14)12(16-6-15-11)17-8-5-18-9-4-2-1-3-7(8)9/h1-4,6,8H,5,14H2,(H,15,16,17). The summed E-state index contributed by atoms with van der Waals surface area (Å²) in [7, 11) is 0. The first-order valence-electron chi connectivity index (χ1n) is 5.50. The van der Waals surface area contributed by atoms with Crippen molar-refractivity contribution in [2.24, 2.45) is 0 Å². The van der Waals surface area contributed by atoms with Crippen molar-refractivity contribution in [2.45, 2.75) is 6.04 Å². The molecule has 92 valence electrons. The van der Waals surface area contributed by atoms with E-state index in [0.717, 1.165) is 11.3 Å². The van der Waals surface area contributed by atoms with Crippen molar-refractivity contribution in [3.63, 3.8) is 0 Å². The summed E-state index contributed by atoms with van der Waals surface area (Å²) in [6, 6.07) is 7.89. The average Bonchev–Trinajstić information content (AvgIpc) is 2.79. The number of para-hydroxylation sites is 1. The maximum absolute atomic E-state index is 5.85. The smallest absolute Gasteiger partial charge is 0.157 e. The SMILES string of the molecule is Nc1c(Cl)ncnc1NC1COc2ccccc21. The maximum atomic E-state index is 5.85. The summed E-state index contributed by atoms with van der Waals surface area (Å²) in [5.41, 5.74) is 7.26. The predicted octanol–water partition coefficient (Wildman–Crippen LogP) is 2.26. The fraction of sp³-hybridized carbons (Fsp3) is 0.167. The maximum Gasteiger partial charge on any atom is 0.157 e. The topological polar surface area (TPSA) is 73.1 Å². The Morgan fingerprint density at radius 1 is 1.33 bits per heavy atom. The van der Waals surface area contributed by atoms with Crippen LogP contribution >= 0.6 is 11.6 Å². The minimum Gasteiger partial charge on any atom is -0.491 e. The van der Waals surface area contributed by atoms with Crippen molar-refractivity contribution in [3.05, 3.63) is 41.3 Å². The monoisotopic (exact) mass is 262 g/mol. The van der Waals surface area contributed by atoms with Crippen molar-refractivity contribution < 1.29 is 4.74 Å². The van der Waals surface area contributed by atoms with Crippen molar-refractivity contribution >= 4 is 23.1 Å². The highest BCUT2D eigenvalue weighted by molar-refractivity contribution is 6.32. The molecule has 1 aliphatic heterocycles. The van der Waals surface area contributed by atoms with Gasteiger partial charge in [-0.05, 0) is 6.07 Å². The number of ether oxygens (including phenoxy) is 1. The third kappa shape index (κ3) is 1.82. The second-order valence-corrected chi connectivity index (χ2v) is 4.33. The Hall–Kier alpha value is -2.01. The lowest BCUT2D eigenvalue weighted by molar-refractivity contribution is 0.339. The molecule has 2 heterocycles. The lowest BCUT2D eigenvalue weighted by Crippen LogP contribution is -2.14. The van der Waals surface area contributed by atoms with Gasteiger partial charge in [0.15, 0.2) is 11.0 Å². The fourth-order valence-electron chi connectivity index (χ4n) is 1.94. The van der Waals surface area contributed by atoms with E-state index in [2.05, 4.69) is 15.3 Å². The third-order valence-electron chi connectivity index (χ3n) is 2.85. The first-order valence-corrected chi connectivity index (χ1v) is 5.87. The fourth-order valence-corrected chi connectivity index (χ4v) is 2.07. The molecule has 0 saturated heterocycles. The van der Waals surface area contributed by atoms with Crippen LogP contribution in [0.15, 0.2) is 30.6 Å². The van der Waals surface area contributed by atoms with Gasteiger partial charge in [-0.2, -0.15) is 0 Å². The minimum absolute atomic E-state index is 0.0227. The van der Waals surface area contributed by atoms with Crippen LogP contribution in [0.25, 0.3) is 0 Å². The number of nitrogens with zero attached hydrogens (tertiary/aromatic N) is 2. The Kier molecular flexibility index (Phi) is 2.68. The summed E-state index contributed by atoms with van der Waals surface area (Å²) in [5, 5.41) is 3.47. The molecule has 0 saturated carbocycles. The van der Waals surface area contributed by atoms with Gasteiger partial charge in [0.05, 0.1) is 6.04 Å². The molecule has 0 bridgehead atoms. The van der Waals surface area contributed by atoms with Crippen molar-refractivity contribution in [2.75, 3.05) is 17.7 Å². The second-order valence-electron chi connectivity index (χ2n) is 3.97. The number of nitrogens with two attached hydrogens (primary N) is 1. The van der Waals surface area contributed by atoms with Crippen LogP contribution in [0.1, 0.15) is 11.6 Å². The summed E-state index contributed by atoms with van der Waals surface area (Å²) in [5.74, 6) is 1.41. The van der Waals surface area contributed by atoms with Crippen LogP contribution in [0.5, 0.6) is 5.75 Å². The molecular formula is C12H11ClN4O. The van der Waals surface area contributed by atoms with Gasteiger partial charge in [0.25, 0.3) is 0 Å². The molecule has 1 atom stereocenters. The Bertz CT molecular complexity index is 590. The van der Waals surface area contributed by atoms with E-state index in [4.69, 9.17) is 22.1 Å². The number of nitrogens with one attached hydrogen (secondary N) is 1. The Morgan fingerprint density at radius 3 is 3.06 bits per heavy atom. The van der Waals surface area contributed by atoms with Gasteiger partial charge < -0.3 is 15.8 Å². The Balaban J connectivity index is 1.89. The van der Waals surface area contributed by atoms with Gasteiger partial charge in [-0.1, -0.05) is 29.8 Å². The van der Waals surface area contributed by atoms with Crippen LogP contribution in [-0.4, -0.2) is 16.6 Å². The van der Waals surface area contributed by atoms with E-state index in [0.29, 0.717) is 18.1 Å². The van der Waals surface area contributed by atoms with Crippen LogP contribution in [-0.2, 0) is 0 Å². The summed E-state index contributed by atoms with van der Waals surface area (Å²) >= 11 is 5.85. The van der Waals surface area contributed by atoms with Gasteiger partial charge in [-0.15, -0.1) is 0 Å². The highest BCUT2D eigenvalue weighted by Crippen LogP contribution is 2.35. The zero-order chi connectivity index (χ0) is 12.5. The molecular weight excluding hydrogens is 252 g/mol. The molecule has 18 heavy (non-hydrogen) atoms. The summed E-state index contributed by atoms with van der Waals surface area (Å²) in [4.78, 5) is 7.90. The molecule has 0 amide bonds. The van der Waals surface area contributed by atoms with Crippen LogP contribution in [0.4, 0.5) is 11.5 Å². The molecule has 1 aliphatic rings. The van der Waals surface area contributed by atoms with Gasteiger partial charge in [0.2, 0.25) is 0 Å². The largest absolute Gasteiger partial charge is 0.491 e. The highest BCUT2D eigenvalue weighted by Gasteiger charge is 2.24. The second kappa shape index (κ2) is 4.34. The van der Waals surface area contributed by atoms with E-state index in [-0.39, 0.29) is 11.2 Å². The minimum atomic E-state index is 0.0227. The molecule has 0 spiro atoms. The predicted molar refractivity (Wildman–Crippen MR) is 69.8 cm³/mol. The zero-order valence-corrected chi connectivity index (χ0v) is 10.2. The van der Waals surface area contributed by atoms with Gasteiger partial charge in [-0.25, -0.2) is 9.97 Å². The number of fused-ring (bicyclic) bond motifs is 1.